The van der Waals surface area contributed by atoms with E-state index in [9.17, 15) is 0 Å². The van der Waals surface area contributed by atoms with Crippen LogP contribution in [0.15, 0.2) is 24.3 Å². The lowest BCUT2D eigenvalue weighted by atomic mass is 10.0. The van der Waals surface area contributed by atoms with Gasteiger partial charge in [0.1, 0.15) is 0 Å². The fourth-order valence-electron chi connectivity index (χ4n) is 2.29. The zero-order valence-corrected chi connectivity index (χ0v) is 11.2. The summed E-state index contributed by atoms with van der Waals surface area (Å²) in [4.78, 5) is 0. The van der Waals surface area contributed by atoms with Crippen molar-refractivity contribution in [2.75, 3.05) is 20.2 Å². The molecule has 1 aliphatic heterocycles. The summed E-state index contributed by atoms with van der Waals surface area (Å²) in [5.74, 6) is 0.659. The lowest BCUT2D eigenvalue weighted by molar-refractivity contribution is 0.185. The fraction of sp³-hybridized carbons (Fsp3) is 0.571. The second kappa shape index (κ2) is 6.85. The predicted octanol–water partition coefficient (Wildman–Crippen LogP) is 1.04. The molecular formula is C14H23N3O. The fourth-order valence-corrected chi connectivity index (χ4v) is 2.29. The molecule has 0 spiro atoms. The number of ether oxygens (including phenoxy) is 1. The van der Waals surface area contributed by atoms with E-state index >= 15 is 0 Å². The third-order valence-electron chi connectivity index (χ3n) is 3.44. The molecule has 100 valence electrons. The standard InChI is InChI=1S/C14H23N3O/c1-11-14(9-16-17-11)8-15-7-12-4-3-5-13(6-12)10-18-2/h3-6,11,14-17H,7-10H2,1-2H3. The van der Waals surface area contributed by atoms with Gasteiger partial charge in [-0.3, -0.25) is 10.9 Å². The minimum Gasteiger partial charge on any atom is -0.380 e. The van der Waals surface area contributed by atoms with Crippen LogP contribution in [0.1, 0.15) is 18.1 Å². The quantitative estimate of drug-likeness (QED) is 0.705. The molecule has 4 nitrogen and oxygen atoms in total. The molecule has 0 amide bonds. The Kier molecular flexibility index (Phi) is 5.13. The van der Waals surface area contributed by atoms with Crippen LogP contribution in [0.25, 0.3) is 0 Å². The van der Waals surface area contributed by atoms with Crippen molar-refractivity contribution in [3.8, 4) is 0 Å². The summed E-state index contributed by atoms with van der Waals surface area (Å²) < 4.78 is 5.15. The van der Waals surface area contributed by atoms with Crippen molar-refractivity contribution in [3.05, 3.63) is 35.4 Å². The maximum atomic E-state index is 5.15. The van der Waals surface area contributed by atoms with E-state index < -0.39 is 0 Å². The Morgan fingerprint density at radius 2 is 2.22 bits per heavy atom. The summed E-state index contributed by atoms with van der Waals surface area (Å²) in [6, 6.07) is 9.08. The molecule has 3 N–H and O–H groups in total. The highest BCUT2D eigenvalue weighted by molar-refractivity contribution is 5.22. The van der Waals surface area contributed by atoms with Crippen LogP contribution in [0, 0.1) is 5.92 Å². The van der Waals surface area contributed by atoms with E-state index in [2.05, 4.69) is 47.4 Å². The molecule has 1 saturated heterocycles. The molecule has 2 unspecified atom stereocenters. The molecule has 1 fully saturated rings. The minimum absolute atomic E-state index is 0.539. The summed E-state index contributed by atoms with van der Waals surface area (Å²) in [6.07, 6.45) is 0. The molecular weight excluding hydrogens is 226 g/mol. The van der Waals surface area contributed by atoms with Gasteiger partial charge in [0.25, 0.3) is 0 Å². The smallest absolute Gasteiger partial charge is 0.0713 e. The summed E-state index contributed by atoms with van der Waals surface area (Å²) in [5, 5.41) is 3.52. The molecule has 1 heterocycles. The molecule has 2 rings (SSSR count). The molecule has 0 aromatic heterocycles. The van der Waals surface area contributed by atoms with Gasteiger partial charge in [0.05, 0.1) is 6.61 Å². The number of hydrogen-bond donors (Lipinski definition) is 3. The first kappa shape index (κ1) is 13.5. The maximum Gasteiger partial charge on any atom is 0.0713 e. The van der Waals surface area contributed by atoms with Gasteiger partial charge in [-0.1, -0.05) is 24.3 Å². The third kappa shape index (κ3) is 3.78. The number of rotatable bonds is 6. The van der Waals surface area contributed by atoms with Crippen LogP contribution < -0.4 is 16.2 Å². The molecule has 18 heavy (non-hydrogen) atoms. The van der Waals surface area contributed by atoms with E-state index in [1.807, 2.05) is 0 Å². The van der Waals surface area contributed by atoms with Crippen molar-refractivity contribution >= 4 is 0 Å². The van der Waals surface area contributed by atoms with Gasteiger partial charge in [0.2, 0.25) is 0 Å². The van der Waals surface area contributed by atoms with Gasteiger partial charge in [-0.25, -0.2) is 0 Å². The average Bonchev–Trinajstić information content (AvgIpc) is 2.76. The van der Waals surface area contributed by atoms with Crippen LogP contribution in [0.5, 0.6) is 0 Å². The van der Waals surface area contributed by atoms with Crippen LogP contribution in [0.3, 0.4) is 0 Å². The highest BCUT2D eigenvalue weighted by Crippen LogP contribution is 2.08. The summed E-state index contributed by atoms with van der Waals surface area (Å²) >= 11 is 0. The Hall–Kier alpha value is -0.940. The van der Waals surface area contributed by atoms with E-state index in [4.69, 9.17) is 4.74 Å². The Labute approximate surface area is 109 Å². The van der Waals surface area contributed by atoms with Crippen LogP contribution in [-0.4, -0.2) is 26.2 Å². The molecule has 4 heteroatoms. The van der Waals surface area contributed by atoms with Crippen LogP contribution in [0.4, 0.5) is 0 Å². The molecule has 0 saturated carbocycles. The number of methoxy groups -OCH3 is 1. The van der Waals surface area contributed by atoms with E-state index in [1.165, 1.54) is 11.1 Å². The first-order valence-corrected chi connectivity index (χ1v) is 6.55. The van der Waals surface area contributed by atoms with Gasteiger partial charge in [0.15, 0.2) is 0 Å². The largest absolute Gasteiger partial charge is 0.380 e. The minimum atomic E-state index is 0.539. The molecule has 1 aromatic carbocycles. The normalized spacial score (nSPS) is 23.4. The second-order valence-corrected chi connectivity index (χ2v) is 4.96. The Bertz CT molecular complexity index is 370. The summed E-state index contributed by atoms with van der Waals surface area (Å²) in [5.41, 5.74) is 8.97. The highest BCUT2D eigenvalue weighted by Gasteiger charge is 2.21. The van der Waals surface area contributed by atoms with Gasteiger partial charge >= 0.3 is 0 Å². The van der Waals surface area contributed by atoms with Crippen LogP contribution in [-0.2, 0) is 17.9 Å². The Morgan fingerprint density at radius 1 is 1.39 bits per heavy atom. The lowest BCUT2D eigenvalue weighted by Gasteiger charge is -2.14. The van der Waals surface area contributed by atoms with Crippen molar-refractivity contribution in [1.29, 1.82) is 0 Å². The number of hydrazine groups is 1. The third-order valence-corrected chi connectivity index (χ3v) is 3.44. The van der Waals surface area contributed by atoms with E-state index in [0.29, 0.717) is 18.6 Å². The van der Waals surface area contributed by atoms with E-state index in [1.54, 1.807) is 7.11 Å². The topological polar surface area (TPSA) is 45.3 Å². The Morgan fingerprint density at radius 3 is 2.94 bits per heavy atom. The van der Waals surface area contributed by atoms with Gasteiger partial charge < -0.3 is 10.1 Å². The Balaban J connectivity index is 1.77. The zero-order chi connectivity index (χ0) is 12.8. The lowest BCUT2D eigenvalue weighted by Crippen LogP contribution is -2.32. The average molecular weight is 249 g/mol. The molecule has 1 aromatic rings. The summed E-state index contributed by atoms with van der Waals surface area (Å²) in [7, 11) is 1.73. The predicted molar refractivity (Wildman–Crippen MR) is 73.0 cm³/mol. The molecule has 0 radical (unpaired) electrons. The maximum absolute atomic E-state index is 5.15. The number of hydrogen-bond acceptors (Lipinski definition) is 4. The monoisotopic (exact) mass is 249 g/mol. The van der Waals surface area contributed by atoms with Crippen LogP contribution >= 0.6 is 0 Å². The van der Waals surface area contributed by atoms with E-state index in [-0.39, 0.29) is 0 Å². The first-order chi connectivity index (χ1) is 8.79. The summed E-state index contributed by atoms with van der Waals surface area (Å²) in [6.45, 7) is 5.89. The van der Waals surface area contributed by atoms with Gasteiger partial charge in [-0.15, -0.1) is 0 Å². The highest BCUT2D eigenvalue weighted by atomic mass is 16.5. The molecule has 1 aliphatic rings. The number of benzene rings is 1. The van der Waals surface area contributed by atoms with Crippen molar-refractivity contribution in [2.24, 2.45) is 5.92 Å². The molecule has 2 atom stereocenters. The molecule has 0 aliphatic carbocycles. The van der Waals surface area contributed by atoms with Crippen molar-refractivity contribution in [2.45, 2.75) is 26.1 Å². The first-order valence-electron chi connectivity index (χ1n) is 6.55. The van der Waals surface area contributed by atoms with Crippen molar-refractivity contribution in [3.63, 3.8) is 0 Å². The second-order valence-electron chi connectivity index (χ2n) is 4.96. The van der Waals surface area contributed by atoms with E-state index in [0.717, 1.165) is 19.6 Å². The molecule has 0 bridgehead atoms. The van der Waals surface area contributed by atoms with Gasteiger partial charge in [-0.05, 0) is 18.1 Å². The van der Waals surface area contributed by atoms with Crippen molar-refractivity contribution in [1.82, 2.24) is 16.2 Å². The van der Waals surface area contributed by atoms with Gasteiger partial charge in [0, 0.05) is 38.7 Å². The zero-order valence-electron chi connectivity index (χ0n) is 11.2. The van der Waals surface area contributed by atoms with Gasteiger partial charge in [-0.2, -0.15) is 0 Å². The van der Waals surface area contributed by atoms with Crippen LogP contribution in [0.2, 0.25) is 0 Å². The van der Waals surface area contributed by atoms with Crippen molar-refractivity contribution < 1.29 is 4.74 Å². The SMILES string of the molecule is COCc1cccc(CNCC2CNNC2C)c1. The number of nitrogens with one attached hydrogen (secondary N) is 3.